The van der Waals surface area contributed by atoms with E-state index in [4.69, 9.17) is 4.74 Å². The predicted octanol–water partition coefficient (Wildman–Crippen LogP) is 2.96. The fourth-order valence-corrected chi connectivity index (χ4v) is 3.11. The second-order valence-electron chi connectivity index (χ2n) is 6.15. The van der Waals surface area contributed by atoms with Crippen LogP contribution >= 0.6 is 0 Å². The van der Waals surface area contributed by atoms with Gasteiger partial charge in [0, 0.05) is 17.8 Å². The molecular weight excluding hydrogens is 323 g/mol. The third kappa shape index (κ3) is 4.02. The summed E-state index contributed by atoms with van der Waals surface area (Å²) < 4.78 is 18.0. The van der Waals surface area contributed by atoms with Crippen molar-refractivity contribution < 1.29 is 18.7 Å². The minimum Gasteiger partial charge on any atom is -0.469 e. The lowest BCUT2D eigenvalue weighted by Gasteiger charge is -2.13. The molecule has 5 nitrogen and oxygen atoms in total. The van der Waals surface area contributed by atoms with Crippen molar-refractivity contribution >= 4 is 11.9 Å². The molecule has 0 radical (unpaired) electrons. The van der Waals surface area contributed by atoms with Crippen LogP contribution in [0.3, 0.4) is 0 Å². The summed E-state index contributed by atoms with van der Waals surface area (Å²) in [4.78, 5) is 28.1. The van der Waals surface area contributed by atoms with Gasteiger partial charge in [-0.1, -0.05) is 12.1 Å². The van der Waals surface area contributed by atoms with Gasteiger partial charge in [0.1, 0.15) is 5.82 Å². The Hall–Kier alpha value is -2.76. The summed E-state index contributed by atoms with van der Waals surface area (Å²) in [5, 5.41) is 2.93. The third-order valence-corrected chi connectivity index (χ3v) is 4.45. The van der Waals surface area contributed by atoms with Crippen molar-refractivity contribution in [1.82, 2.24) is 10.3 Å². The van der Waals surface area contributed by atoms with Crippen molar-refractivity contribution in [2.75, 3.05) is 7.11 Å². The predicted molar refractivity (Wildman–Crippen MR) is 90.2 cm³/mol. The number of benzene rings is 1. The molecule has 3 rings (SSSR count). The molecule has 0 spiro atoms. The second kappa shape index (κ2) is 7.42. The zero-order valence-electron chi connectivity index (χ0n) is 13.9. The number of pyridine rings is 1. The molecule has 0 unspecified atom stereocenters. The standard InChI is InChI=1S/C19H19FN2O3/c1-25-19(24)13-5-7-16(10-13)22-18(23)14-6-8-17(21-11-14)12-3-2-4-15(20)9-12/h2-4,6,8-9,11,13,16H,5,7,10H2,1H3,(H,22,23)/t13-,16+/m1/s1. The molecule has 1 aliphatic carbocycles. The molecule has 1 aromatic carbocycles. The zero-order valence-corrected chi connectivity index (χ0v) is 13.9. The van der Waals surface area contributed by atoms with Gasteiger partial charge in [-0.15, -0.1) is 0 Å². The van der Waals surface area contributed by atoms with E-state index in [0.717, 1.165) is 6.42 Å². The first-order valence-electron chi connectivity index (χ1n) is 8.17. The van der Waals surface area contributed by atoms with Crippen LogP contribution in [0.15, 0.2) is 42.6 Å². The van der Waals surface area contributed by atoms with Crippen molar-refractivity contribution in [3.05, 3.63) is 54.0 Å². The second-order valence-corrected chi connectivity index (χ2v) is 6.15. The van der Waals surface area contributed by atoms with Crippen molar-refractivity contribution in [2.24, 2.45) is 5.92 Å². The molecule has 25 heavy (non-hydrogen) atoms. The Kier molecular flexibility index (Phi) is 5.07. The number of aromatic nitrogens is 1. The number of nitrogens with one attached hydrogen (secondary N) is 1. The molecule has 1 aliphatic rings. The van der Waals surface area contributed by atoms with Crippen molar-refractivity contribution in [1.29, 1.82) is 0 Å². The largest absolute Gasteiger partial charge is 0.469 e. The Morgan fingerprint density at radius 2 is 2.08 bits per heavy atom. The van der Waals surface area contributed by atoms with E-state index >= 15 is 0 Å². The summed E-state index contributed by atoms with van der Waals surface area (Å²) in [6, 6.07) is 9.45. The summed E-state index contributed by atoms with van der Waals surface area (Å²) >= 11 is 0. The molecular formula is C19H19FN2O3. The lowest BCUT2D eigenvalue weighted by Crippen LogP contribution is -2.33. The van der Waals surface area contributed by atoms with Crippen LogP contribution in [0.25, 0.3) is 11.3 Å². The topological polar surface area (TPSA) is 68.3 Å². The Balaban J connectivity index is 1.63. The highest BCUT2D eigenvalue weighted by atomic mass is 19.1. The van der Waals surface area contributed by atoms with E-state index in [2.05, 4.69) is 10.3 Å². The van der Waals surface area contributed by atoms with Crippen LogP contribution in [0, 0.1) is 11.7 Å². The first-order valence-corrected chi connectivity index (χ1v) is 8.17. The Morgan fingerprint density at radius 1 is 1.24 bits per heavy atom. The van der Waals surface area contributed by atoms with Crippen LogP contribution in [-0.2, 0) is 9.53 Å². The van der Waals surface area contributed by atoms with Gasteiger partial charge in [-0.2, -0.15) is 0 Å². The molecule has 1 heterocycles. The minimum absolute atomic E-state index is 0.0421. The van der Waals surface area contributed by atoms with Crippen LogP contribution in [0.5, 0.6) is 0 Å². The number of carbonyl (C=O) groups is 2. The highest BCUT2D eigenvalue weighted by Crippen LogP contribution is 2.27. The van der Waals surface area contributed by atoms with E-state index in [1.165, 1.54) is 25.4 Å². The van der Waals surface area contributed by atoms with Crippen molar-refractivity contribution in [3.8, 4) is 11.3 Å². The molecule has 0 bridgehead atoms. The van der Waals surface area contributed by atoms with Crippen LogP contribution in [0.1, 0.15) is 29.6 Å². The Labute approximate surface area is 145 Å². The molecule has 2 aromatic rings. The van der Waals surface area contributed by atoms with Gasteiger partial charge in [0.2, 0.25) is 0 Å². The number of ether oxygens (including phenoxy) is 1. The highest BCUT2D eigenvalue weighted by molar-refractivity contribution is 5.94. The van der Waals surface area contributed by atoms with E-state index in [9.17, 15) is 14.0 Å². The minimum atomic E-state index is -0.331. The SMILES string of the molecule is COC(=O)[C@@H]1CC[C@H](NC(=O)c2ccc(-c3cccc(F)c3)nc2)C1. The van der Waals surface area contributed by atoms with E-state index in [-0.39, 0.29) is 29.7 Å². The molecule has 0 saturated heterocycles. The number of esters is 1. The smallest absolute Gasteiger partial charge is 0.308 e. The van der Waals surface area contributed by atoms with E-state index < -0.39 is 0 Å². The molecule has 2 atom stereocenters. The number of nitrogens with zero attached hydrogens (tertiary/aromatic N) is 1. The Bertz CT molecular complexity index is 776. The number of rotatable bonds is 4. The number of amides is 1. The fourth-order valence-electron chi connectivity index (χ4n) is 3.11. The Morgan fingerprint density at radius 3 is 2.76 bits per heavy atom. The van der Waals surface area contributed by atoms with Gasteiger partial charge >= 0.3 is 5.97 Å². The van der Waals surface area contributed by atoms with Gasteiger partial charge in [0.25, 0.3) is 5.91 Å². The van der Waals surface area contributed by atoms with Crippen LogP contribution < -0.4 is 5.32 Å². The zero-order chi connectivity index (χ0) is 17.8. The van der Waals surface area contributed by atoms with Gasteiger partial charge in [-0.25, -0.2) is 4.39 Å². The van der Waals surface area contributed by atoms with Gasteiger partial charge in [0.15, 0.2) is 0 Å². The van der Waals surface area contributed by atoms with Crippen molar-refractivity contribution in [2.45, 2.75) is 25.3 Å². The molecule has 130 valence electrons. The fraction of sp³-hybridized carbons (Fsp3) is 0.316. The summed E-state index contributed by atoms with van der Waals surface area (Å²) in [6.07, 6.45) is 3.53. The van der Waals surface area contributed by atoms with Crippen LogP contribution in [0.2, 0.25) is 0 Å². The van der Waals surface area contributed by atoms with Crippen LogP contribution in [-0.4, -0.2) is 30.0 Å². The number of carbonyl (C=O) groups excluding carboxylic acids is 2. The number of methoxy groups -OCH3 is 1. The number of halogens is 1. The highest BCUT2D eigenvalue weighted by Gasteiger charge is 2.31. The molecule has 1 fully saturated rings. The molecule has 6 heteroatoms. The first kappa shape index (κ1) is 17.1. The lowest BCUT2D eigenvalue weighted by molar-refractivity contribution is -0.145. The lowest BCUT2D eigenvalue weighted by atomic mass is 10.1. The van der Waals surface area contributed by atoms with Gasteiger partial charge in [0.05, 0.1) is 24.3 Å². The van der Waals surface area contributed by atoms with E-state index in [1.54, 1.807) is 24.3 Å². The summed E-state index contributed by atoms with van der Waals surface area (Å²) in [5.74, 6) is -0.932. The number of hydrogen-bond donors (Lipinski definition) is 1. The molecule has 1 N–H and O–H groups in total. The summed E-state index contributed by atoms with van der Waals surface area (Å²) in [5.41, 5.74) is 1.69. The summed E-state index contributed by atoms with van der Waals surface area (Å²) in [6.45, 7) is 0. The van der Waals surface area contributed by atoms with Crippen molar-refractivity contribution in [3.63, 3.8) is 0 Å². The maximum absolute atomic E-state index is 13.3. The van der Waals surface area contributed by atoms with Gasteiger partial charge < -0.3 is 10.1 Å². The van der Waals surface area contributed by atoms with Gasteiger partial charge in [-0.3, -0.25) is 14.6 Å². The summed E-state index contributed by atoms with van der Waals surface area (Å²) in [7, 11) is 1.38. The average Bonchev–Trinajstić information content (AvgIpc) is 3.09. The monoisotopic (exact) mass is 342 g/mol. The molecule has 1 aromatic heterocycles. The van der Waals surface area contributed by atoms with Gasteiger partial charge in [-0.05, 0) is 43.5 Å². The maximum Gasteiger partial charge on any atom is 0.308 e. The van der Waals surface area contributed by atoms with E-state index in [0.29, 0.717) is 29.7 Å². The number of hydrogen-bond acceptors (Lipinski definition) is 4. The molecule has 0 aliphatic heterocycles. The first-order chi connectivity index (χ1) is 12.1. The molecule has 1 amide bonds. The molecule has 1 saturated carbocycles. The van der Waals surface area contributed by atoms with Crippen LogP contribution in [0.4, 0.5) is 4.39 Å². The average molecular weight is 342 g/mol. The normalized spacial score (nSPS) is 19.4. The van der Waals surface area contributed by atoms with E-state index in [1.807, 2.05) is 0 Å². The maximum atomic E-state index is 13.3. The quantitative estimate of drug-likeness (QED) is 0.868. The third-order valence-electron chi connectivity index (χ3n) is 4.45.